The molecule has 6 heteroatoms. The Balaban J connectivity index is 0.00000200. The SMILES string of the molecule is CC(CN)C(=O)N(C)C1CCSc2ccc(Br)cc21.Cl. The molecule has 2 atom stereocenters. The summed E-state index contributed by atoms with van der Waals surface area (Å²) in [6, 6.07) is 6.47. The molecule has 0 saturated heterocycles. The van der Waals surface area contributed by atoms with Crippen LogP contribution in [0.2, 0.25) is 0 Å². The van der Waals surface area contributed by atoms with Gasteiger partial charge >= 0.3 is 0 Å². The number of rotatable bonds is 3. The molecule has 0 fully saturated rings. The summed E-state index contributed by atoms with van der Waals surface area (Å²) >= 11 is 5.37. The third-order valence-corrected chi connectivity index (χ3v) is 5.19. The number of halogens is 2. The van der Waals surface area contributed by atoms with Gasteiger partial charge in [-0.05, 0) is 30.2 Å². The van der Waals surface area contributed by atoms with Crippen molar-refractivity contribution in [2.45, 2.75) is 24.3 Å². The van der Waals surface area contributed by atoms with Crippen LogP contribution in [0, 0.1) is 5.92 Å². The smallest absolute Gasteiger partial charge is 0.226 e. The van der Waals surface area contributed by atoms with E-state index < -0.39 is 0 Å². The Bertz CT molecular complexity index is 486. The van der Waals surface area contributed by atoms with Crippen molar-refractivity contribution in [2.75, 3.05) is 19.3 Å². The summed E-state index contributed by atoms with van der Waals surface area (Å²) < 4.78 is 1.06. The van der Waals surface area contributed by atoms with Gasteiger partial charge in [0, 0.05) is 34.6 Å². The zero-order valence-corrected chi connectivity index (χ0v) is 14.9. The number of fused-ring (bicyclic) bond motifs is 1. The van der Waals surface area contributed by atoms with Crippen LogP contribution in [-0.4, -0.2) is 30.2 Å². The Labute approximate surface area is 139 Å². The van der Waals surface area contributed by atoms with Gasteiger partial charge in [-0.1, -0.05) is 22.9 Å². The highest BCUT2D eigenvalue weighted by Crippen LogP contribution is 2.40. The predicted molar refractivity (Wildman–Crippen MR) is 90.5 cm³/mol. The van der Waals surface area contributed by atoms with Crippen LogP contribution in [0.3, 0.4) is 0 Å². The lowest BCUT2D eigenvalue weighted by Crippen LogP contribution is -2.38. The van der Waals surface area contributed by atoms with E-state index in [1.165, 1.54) is 10.5 Å². The molecule has 3 nitrogen and oxygen atoms in total. The Morgan fingerprint density at radius 1 is 1.60 bits per heavy atom. The van der Waals surface area contributed by atoms with Crippen LogP contribution < -0.4 is 5.73 Å². The van der Waals surface area contributed by atoms with Crippen LogP contribution >= 0.6 is 40.1 Å². The average Bonchev–Trinajstić information content (AvgIpc) is 2.44. The highest BCUT2D eigenvalue weighted by molar-refractivity contribution is 9.10. The van der Waals surface area contributed by atoms with E-state index in [1.54, 1.807) is 0 Å². The first kappa shape index (κ1) is 17.8. The fraction of sp³-hybridized carbons (Fsp3) is 0.500. The van der Waals surface area contributed by atoms with Gasteiger partial charge in [0.25, 0.3) is 0 Å². The van der Waals surface area contributed by atoms with Crippen LogP contribution in [0.1, 0.15) is 24.9 Å². The summed E-state index contributed by atoms with van der Waals surface area (Å²) in [6.07, 6.45) is 0.994. The third-order valence-electron chi connectivity index (χ3n) is 3.57. The average molecular weight is 380 g/mol. The van der Waals surface area contributed by atoms with Crippen LogP contribution in [0.4, 0.5) is 0 Å². The van der Waals surface area contributed by atoms with Gasteiger partial charge in [-0.3, -0.25) is 4.79 Å². The summed E-state index contributed by atoms with van der Waals surface area (Å²) in [6.45, 7) is 2.29. The second-order valence-corrected chi connectivity index (χ2v) is 6.97. The molecule has 2 rings (SSSR count). The molecule has 1 heterocycles. The van der Waals surface area contributed by atoms with Gasteiger partial charge in [-0.25, -0.2) is 0 Å². The number of nitrogens with two attached hydrogens (primary N) is 1. The number of benzene rings is 1. The van der Waals surface area contributed by atoms with E-state index in [9.17, 15) is 4.79 Å². The van der Waals surface area contributed by atoms with Crippen LogP contribution in [0.5, 0.6) is 0 Å². The van der Waals surface area contributed by atoms with Crippen molar-refractivity contribution < 1.29 is 4.79 Å². The lowest BCUT2D eigenvalue weighted by Gasteiger charge is -2.34. The molecule has 2 N–H and O–H groups in total. The molecule has 1 aromatic rings. The van der Waals surface area contributed by atoms with Gasteiger partial charge in [-0.15, -0.1) is 24.2 Å². The molecule has 1 aliphatic rings. The number of carbonyl (C=O) groups is 1. The van der Waals surface area contributed by atoms with Crippen molar-refractivity contribution in [1.82, 2.24) is 4.90 Å². The van der Waals surface area contributed by atoms with Gasteiger partial charge in [0.1, 0.15) is 0 Å². The first-order valence-corrected chi connectivity index (χ1v) is 8.21. The van der Waals surface area contributed by atoms with Crippen molar-refractivity contribution in [3.8, 4) is 0 Å². The fourth-order valence-corrected chi connectivity index (χ4v) is 3.82. The number of hydrogen-bond donors (Lipinski definition) is 1. The Kier molecular flexibility index (Phi) is 6.85. The zero-order chi connectivity index (χ0) is 14.0. The first-order valence-electron chi connectivity index (χ1n) is 6.43. The highest BCUT2D eigenvalue weighted by Gasteiger charge is 2.29. The summed E-state index contributed by atoms with van der Waals surface area (Å²) in [5.41, 5.74) is 6.84. The minimum Gasteiger partial charge on any atom is -0.338 e. The summed E-state index contributed by atoms with van der Waals surface area (Å²) in [5.74, 6) is 1.06. The van der Waals surface area contributed by atoms with Gasteiger partial charge in [0.15, 0.2) is 0 Å². The van der Waals surface area contributed by atoms with Gasteiger partial charge in [-0.2, -0.15) is 0 Å². The topological polar surface area (TPSA) is 46.3 Å². The summed E-state index contributed by atoms with van der Waals surface area (Å²) in [4.78, 5) is 15.4. The zero-order valence-electron chi connectivity index (χ0n) is 11.6. The largest absolute Gasteiger partial charge is 0.338 e. The summed E-state index contributed by atoms with van der Waals surface area (Å²) in [7, 11) is 1.89. The van der Waals surface area contributed by atoms with Crippen molar-refractivity contribution in [3.05, 3.63) is 28.2 Å². The first-order chi connectivity index (χ1) is 9.04. The molecule has 1 aliphatic heterocycles. The van der Waals surface area contributed by atoms with E-state index in [1.807, 2.05) is 30.6 Å². The molecule has 1 amide bonds. The molecule has 0 saturated carbocycles. The molecular weight excluding hydrogens is 360 g/mol. The lowest BCUT2D eigenvalue weighted by molar-refractivity contribution is -0.135. The molecule has 2 unspecified atom stereocenters. The van der Waals surface area contributed by atoms with Gasteiger partial charge < -0.3 is 10.6 Å². The second-order valence-electron chi connectivity index (χ2n) is 4.92. The van der Waals surface area contributed by atoms with Crippen molar-refractivity contribution in [1.29, 1.82) is 0 Å². The molecule has 112 valence electrons. The minimum absolute atomic E-state index is 0. The van der Waals surface area contributed by atoms with Crippen molar-refractivity contribution in [2.24, 2.45) is 11.7 Å². The normalized spacial score (nSPS) is 18.7. The quantitative estimate of drug-likeness (QED) is 0.875. The Morgan fingerprint density at radius 2 is 2.30 bits per heavy atom. The Hall–Kier alpha value is -0.230. The molecule has 0 spiro atoms. The number of hydrogen-bond acceptors (Lipinski definition) is 3. The standard InChI is InChI=1S/C14H19BrN2OS.ClH/c1-9(8-16)14(18)17(2)12-5-6-19-13-4-3-10(15)7-11(12)13;/h3-4,7,9,12H,5-6,8,16H2,1-2H3;1H. The lowest BCUT2D eigenvalue weighted by atomic mass is 10.0. The van der Waals surface area contributed by atoms with Crippen LogP contribution in [0.15, 0.2) is 27.6 Å². The van der Waals surface area contributed by atoms with Crippen LogP contribution in [-0.2, 0) is 4.79 Å². The van der Waals surface area contributed by atoms with E-state index in [0.717, 1.165) is 16.6 Å². The maximum atomic E-state index is 12.3. The molecule has 0 radical (unpaired) electrons. The molecule has 0 aliphatic carbocycles. The highest BCUT2D eigenvalue weighted by atomic mass is 79.9. The predicted octanol–water partition coefficient (Wildman–Crippen LogP) is 3.46. The maximum absolute atomic E-state index is 12.3. The maximum Gasteiger partial charge on any atom is 0.226 e. The van der Waals surface area contributed by atoms with E-state index in [0.29, 0.717) is 6.54 Å². The summed E-state index contributed by atoms with van der Waals surface area (Å²) in [5, 5.41) is 0. The third kappa shape index (κ3) is 3.70. The van der Waals surface area contributed by atoms with E-state index in [-0.39, 0.29) is 30.3 Å². The number of carbonyl (C=O) groups excluding carboxylic acids is 1. The second kappa shape index (κ2) is 7.69. The van der Waals surface area contributed by atoms with E-state index in [2.05, 4.69) is 34.1 Å². The molecule has 20 heavy (non-hydrogen) atoms. The monoisotopic (exact) mass is 378 g/mol. The molecule has 0 aromatic heterocycles. The molecule has 1 aromatic carbocycles. The molecular formula is C14H20BrClN2OS. The van der Waals surface area contributed by atoms with Gasteiger partial charge in [0.05, 0.1) is 6.04 Å². The Morgan fingerprint density at radius 3 is 2.95 bits per heavy atom. The molecule has 0 bridgehead atoms. The van der Waals surface area contributed by atoms with Gasteiger partial charge in [0.2, 0.25) is 5.91 Å². The number of nitrogens with zero attached hydrogens (tertiary/aromatic N) is 1. The van der Waals surface area contributed by atoms with E-state index in [4.69, 9.17) is 5.73 Å². The minimum atomic E-state index is -0.116. The number of amides is 1. The van der Waals surface area contributed by atoms with Crippen molar-refractivity contribution in [3.63, 3.8) is 0 Å². The number of thioether (sulfide) groups is 1. The van der Waals surface area contributed by atoms with Crippen molar-refractivity contribution >= 4 is 46.0 Å². The fourth-order valence-electron chi connectivity index (χ4n) is 2.35. The van der Waals surface area contributed by atoms with Crippen LogP contribution in [0.25, 0.3) is 0 Å². The van der Waals surface area contributed by atoms with E-state index >= 15 is 0 Å².